The van der Waals surface area contributed by atoms with Crippen LogP contribution in [0.4, 0.5) is 4.79 Å². The quantitative estimate of drug-likeness (QED) is 0.675. The fraction of sp³-hybridized carbons (Fsp3) is 0.500. The molecule has 0 aromatic heterocycles. The van der Waals surface area contributed by atoms with Crippen LogP contribution in [-0.4, -0.2) is 22.1 Å². The topological polar surface area (TPSA) is 41.6 Å². The average Bonchev–Trinajstić information content (AvgIpc) is 2.05. The first-order valence-electron chi connectivity index (χ1n) is 4.69. The van der Waals surface area contributed by atoms with Gasteiger partial charge in [0.2, 0.25) is 0 Å². The number of rotatable bonds is 1. The lowest BCUT2D eigenvalue weighted by Crippen LogP contribution is -2.45. The monoisotopic (exact) mass is 228 g/mol. The standard InChI is InChI=1S/C10H16N2O2S/c1-10(2,3)14-9(13)11-12-7-5-4-6-8(12)15/h4-8,15H,1-3H3,(H,11,13). The Morgan fingerprint density at radius 3 is 2.67 bits per heavy atom. The van der Waals surface area contributed by atoms with Crippen LogP contribution in [0.1, 0.15) is 20.8 Å². The van der Waals surface area contributed by atoms with Gasteiger partial charge in [-0.05, 0) is 26.8 Å². The zero-order valence-electron chi connectivity index (χ0n) is 9.10. The fourth-order valence-electron chi connectivity index (χ4n) is 0.997. The van der Waals surface area contributed by atoms with Crippen molar-refractivity contribution in [1.29, 1.82) is 0 Å². The summed E-state index contributed by atoms with van der Waals surface area (Å²) in [5.41, 5.74) is 2.09. The minimum Gasteiger partial charge on any atom is -0.443 e. The Hall–Kier alpha value is -1.10. The van der Waals surface area contributed by atoms with Crippen molar-refractivity contribution in [3.63, 3.8) is 0 Å². The number of thiol groups is 1. The minimum absolute atomic E-state index is 0.164. The van der Waals surface area contributed by atoms with Gasteiger partial charge in [0.1, 0.15) is 11.0 Å². The number of nitrogens with one attached hydrogen (secondary N) is 1. The second kappa shape index (κ2) is 4.61. The summed E-state index contributed by atoms with van der Waals surface area (Å²) in [5.74, 6) is 0. The van der Waals surface area contributed by atoms with Crippen LogP contribution >= 0.6 is 12.6 Å². The number of amides is 1. The molecule has 1 atom stereocenters. The zero-order valence-corrected chi connectivity index (χ0v) is 9.99. The second-order valence-electron chi connectivity index (χ2n) is 4.16. The summed E-state index contributed by atoms with van der Waals surface area (Å²) in [6.07, 6.45) is 6.76. The Morgan fingerprint density at radius 2 is 2.13 bits per heavy atom. The van der Waals surface area contributed by atoms with E-state index in [1.807, 2.05) is 39.0 Å². The third kappa shape index (κ3) is 4.29. The van der Waals surface area contributed by atoms with Crippen LogP contribution in [0.3, 0.4) is 0 Å². The molecule has 1 heterocycles. The lowest BCUT2D eigenvalue weighted by Gasteiger charge is -2.28. The van der Waals surface area contributed by atoms with Gasteiger partial charge in [0, 0.05) is 6.20 Å². The SMILES string of the molecule is CC(C)(C)OC(=O)NN1C=CC=CC1S. The van der Waals surface area contributed by atoms with Gasteiger partial charge in [-0.3, -0.25) is 5.01 Å². The lowest BCUT2D eigenvalue weighted by atomic mass is 10.2. The third-order valence-corrected chi connectivity index (χ3v) is 1.97. The van der Waals surface area contributed by atoms with E-state index in [0.29, 0.717) is 0 Å². The highest BCUT2D eigenvalue weighted by molar-refractivity contribution is 7.81. The van der Waals surface area contributed by atoms with Gasteiger partial charge in [0.05, 0.1) is 0 Å². The predicted octanol–water partition coefficient (Wildman–Crippen LogP) is 2.07. The van der Waals surface area contributed by atoms with Gasteiger partial charge in [-0.2, -0.15) is 0 Å². The van der Waals surface area contributed by atoms with E-state index in [0.717, 1.165) is 0 Å². The number of carbonyl (C=O) groups is 1. The van der Waals surface area contributed by atoms with E-state index in [4.69, 9.17) is 4.74 Å². The van der Waals surface area contributed by atoms with E-state index in [-0.39, 0.29) is 5.37 Å². The van der Waals surface area contributed by atoms with E-state index in [2.05, 4.69) is 18.1 Å². The van der Waals surface area contributed by atoms with Crippen molar-refractivity contribution >= 4 is 18.7 Å². The van der Waals surface area contributed by atoms with Crippen LogP contribution in [0.5, 0.6) is 0 Å². The van der Waals surface area contributed by atoms with Crippen molar-refractivity contribution in [1.82, 2.24) is 10.4 Å². The predicted molar refractivity (Wildman–Crippen MR) is 62.3 cm³/mol. The molecule has 0 aliphatic carbocycles. The molecular formula is C10H16N2O2S. The summed E-state index contributed by atoms with van der Waals surface area (Å²) in [4.78, 5) is 11.4. The molecule has 0 spiro atoms. The molecule has 1 unspecified atom stereocenters. The van der Waals surface area contributed by atoms with Crippen molar-refractivity contribution < 1.29 is 9.53 Å². The lowest BCUT2D eigenvalue weighted by molar-refractivity contribution is 0.0395. The van der Waals surface area contributed by atoms with Crippen LogP contribution in [0.25, 0.3) is 0 Å². The first-order chi connectivity index (χ1) is 6.88. The third-order valence-electron chi connectivity index (χ3n) is 1.55. The van der Waals surface area contributed by atoms with E-state index < -0.39 is 11.7 Å². The van der Waals surface area contributed by atoms with E-state index in [1.165, 1.54) is 0 Å². The van der Waals surface area contributed by atoms with Gasteiger partial charge in [-0.25, -0.2) is 10.2 Å². The highest BCUT2D eigenvalue weighted by atomic mass is 32.1. The van der Waals surface area contributed by atoms with Crippen molar-refractivity contribution in [3.05, 3.63) is 24.4 Å². The molecule has 0 aromatic carbocycles. The molecule has 4 nitrogen and oxygen atoms in total. The number of hydrogen-bond acceptors (Lipinski definition) is 4. The van der Waals surface area contributed by atoms with Crippen molar-refractivity contribution in [3.8, 4) is 0 Å². The molecular weight excluding hydrogens is 212 g/mol. The Balaban J connectivity index is 2.45. The number of hydrogen-bond donors (Lipinski definition) is 2. The van der Waals surface area contributed by atoms with Crippen LogP contribution < -0.4 is 5.43 Å². The van der Waals surface area contributed by atoms with E-state index in [9.17, 15) is 4.79 Å². The summed E-state index contributed by atoms with van der Waals surface area (Å²) in [5, 5.41) is 1.40. The highest BCUT2D eigenvalue weighted by Gasteiger charge is 2.19. The molecule has 84 valence electrons. The Kier molecular flexibility index (Phi) is 3.68. The molecule has 0 fully saturated rings. The maximum atomic E-state index is 11.4. The zero-order chi connectivity index (χ0) is 11.5. The molecule has 1 aliphatic heterocycles. The number of allylic oxidation sites excluding steroid dienone is 2. The maximum absolute atomic E-state index is 11.4. The summed E-state index contributed by atoms with van der Waals surface area (Å²) in [6, 6.07) is 0. The van der Waals surface area contributed by atoms with Crippen LogP contribution in [-0.2, 0) is 4.74 Å². The van der Waals surface area contributed by atoms with Crippen molar-refractivity contribution in [2.24, 2.45) is 0 Å². The molecule has 1 N–H and O–H groups in total. The number of carbonyl (C=O) groups excluding carboxylic acids is 1. The molecule has 0 aromatic rings. The molecule has 15 heavy (non-hydrogen) atoms. The van der Waals surface area contributed by atoms with Crippen LogP contribution in [0, 0.1) is 0 Å². The number of nitrogens with zero attached hydrogens (tertiary/aromatic N) is 1. The van der Waals surface area contributed by atoms with Crippen molar-refractivity contribution in [2.45, 2.75) is 31.7 Å². The van der Waals surface area contributed by atoms with Gasteiger partial charge in [0.25, 0.3) is 0 Å². The molecule has 1 rings (SSSR count). The van der Waals surface area contributed by atoms with Gasteiger partial charge in [-0.1, -0.05) is 12.2 Å². The van der Waals surface area contributed by atoms with Gasteiger partial charge >= 0.3 is 6.09 Å². The normalized spacial score (nSPS) is 20.3. The molecule has 0 radical (unpaired) electrons. The summed E-state index contributed by atoms with van der Waals surface area (Å²) in [6.45, 7) is 5.45. The smallest absolute Gasteiger partial charge is 0.426 e. The van der Waals surface area contributed by atoms with Crippen LogP contribution in [0.15, 0.2) is 24.4 Å². The highest BCUT2D eigenvalue weighted by Crippen LogP contribution is 2.11. The fourth-order valence-corrected chi connectivity index (χ4v) is 1.23. The Morgan fingerprint density at radius 1 is 1.47 bits per heavy atom. The second-order valence-corrected chi connectivity index (χ2v) is 4.69. The van der Waals surface area contributed by atoms with Crippen molar-refractivity contribution in [2.75, 3.05) is 0 Å². The molecule has 0 saturated carbocycles. The maximum Gasteiger partial charge on any atom is 0.426 e. The number of hydrazine groups is 1. The van der Waals surface area contributed by atoms with Crippen LogP contribution in [0.2, 0.25) is 0 Å². The summed E-state index contributed by atoms with van der Waals surface area (Å²) in [7, 11) is 0. The van der Waals surface area contributed by atoms with E-state index in [1.54, 1.807) is 11.2 Å². The molecule has 1 amide bonds. The molecule has 0 bridgehead atoms. The summed E-state index contributed by atoms with van der Waals surface area (Å²) < 4.78 is 5.11. The van der Waals surface area contributed by atoms with Gasteiger partial charge in [0.15, 0.2) is 0 Å². The Labute approximate surface area is 95.3 Å². The molecule has 1 aliphatic rings. The molecule has 0 saturated heterocycles. The summed E-state index contributed by atoms with van der Waals surface area (Å²) >= 11 is 4.26. The average molecular weight is 228 g/mol. The Bertz CT molecular complexity index is 294. The van der Waals surface area contributed by atoms with Gasteiger partial charge < -0.3 is 4.74 Å². The first kappa shape index (κ1) is 12.0. The van der Waals surface area contributed by atoms with E-state index >= 15 is 0 Å². The first-order valence-corrected chi connectivity index (χ1v) is 5.21. The van der Waals surface area contributed by atoms with Gasteiger partial charge in [-0.15, -0.1) is 12.6 Å². The number of ether oxygens (including phenoxy) is 1. The molecule has 5 heteroatoms. The minimum atomic E-state index is -0.495. The largest absolute Gasteiger partial charge is 0.443 e.